The Hall–Kier alpha value is 0.0500. The first-order chi connectivity index (χ1) is 8.54. The molecule has 7 heteroatoms. The Morgan fingerprint density at radius 1 is 1.28 bits per heavy atom. The molecular formula is C11H14Br2N2O2S. The highest BCUT2D eigenvalue weighted by atomic mass is 79.9. The number of piperazine rings is 1. The average molecular weight is 398 g/mol. The van der Waals surface area contributed by atoms with Gasteiger partial charge in [0.15, 0.2) is 0 Å². The summed E-state index contributed by atoms with van der Waals surface area (Å²) in [6.07, 6.45) is 0. The molecule has 0 bridgehead atoms. The van der Waals surface area contributed by atoms with Crippen molar-refractivity contribution in [2.45, 2.75) is 6.54 Å². The summed E-state index contributed by atoms with van der Waals surface area (Å²) in [5.74, 6) is -0.741. The summed E-state index contributed by atoms with van der Waals surface area (Å²) >= 11 is 8.73. The first-order valence-electron chi connectivity index (χ1n) is 5.65. The second-order valence-electron chi connectivity index (χ2n) is 4.28. The number of aliphatic carboxylic acids is 1. The number of rotatable bonds is 4. The van der Waals surface area contributed by atoms with Gasteiger partial charge in [-0.1, -0.05) is 0 Å². The van der Waals surface area contributed by atoms with Crippen molar-refractivity contribution in [2.24, 2.45) is 0 Å². The highest BCUT2D eigenvalue weighted by Gasteiger charge is 2.19. The van der Waals surface area contributed by atoms with Crippen molar-refractivity contribution in [3.8, 4) is 0 Å². The smallest absolute Gasteiger partial charge is 0.317 e. The number of hydrogen-bond acceptors (Lipinski definition) is 4. The molecule has 1 aliphatic rings. The van der Waals surface area contributed by atoms with Gasteiger partial charge in [0.2, 0.25) is 0 Å². The van der Waals surface area contributed by atoms with Crippen LogP contribution in [0.3, 0.4) is 0 Å². The minimum atomic E-state index is -0.741. The van der Waals surface area contributed by atoms with E-state index in [0.717, 1.165) is 41.0 Å². The molecule has 0 unspecified atom stereocenters. The van der Waals surface area contributed by atoms with E-state index in [4.69, 9.17) is 5.11 Å². The molecule has 1 aliphatic heterocycles. The second kappa shape index (κ2) is 6.47. The topological polar surface area (TPSA) is 43.8 Å². The Labute approximate surface area is 127 Å². The first-order valence-corrected chi connectivity index (χ1v) is 8.05. The zero-order valence-corrected chi connectivity index (χ0v) is 13.7. The van der Waals surface area contributed by atoms with Crippen LogP contribution in [0, 0.1) is 0 Å². The zero-order valence-electron chi connectivity index (χ0n) is 9.73. The maximum absolute atomic E-state index is 10.6. The molecule has 1 fully saturated rings. The van der Waals surface area contributed by atoms with Gasteiger partial charge in [-0.25, -0.2) is 0 Å². The minimum Gasteiger partial charge on any atom is -0.480 e. The van der Waals surface area contributed by atoms with E-state index in [1.54, 1.807) is 11.3 Å². The molecule has 1 N–H and O–H groups in total. The third kappa shape index (κ3) is 4.03. The van der Waals surface area contributed by atoms with Crippen molar-refractivity contribution in [1.29, 1.82) is 0 Å². The molecule has 0 amide bonds. The summed E-state index contributed by atoms with van der Waals surface area (Å²) in [6, 6.07) is 2.14. The highest BCUT2D eigenvalue weighted by molar-refractivity contribution is 9.13. The molecule has 0 saturated carbocycles. The minimum absolute atomic E-state index is 0.157. The Balaban J connectivity index is 1.81. The van der Waals surface area contributed by atoms with Gasteiger partial charge < -0.3 is 5.11 Å². The molecule has 2 rings (SSSR count). The van der Waals surface area contributed by atoms with Crippen molar-refractivity contribution in [3.63, 3.8) is 0 Å². The summed E-state index contributed by atoms with van der Waals surface area (Å²) in [4.78, 5) is 16.3. The van der Waals surface area contributed by atoms with Gasteiger partial charge in [0, 0.05) is 42.1 Å². The predicted octanol–water partition coefficient (Wildman–Crippen LogP) is 2.48. The number of carboxylic acid groups (broad SMARTS) is 1. The number of thiophene rings is 1. The Kier molecular flexibility index (Phi) is 5.20. The fraction of sp³-hybridized carbons (Fsp3) is 0.545. The van der Waals surface area contributed by atoms with E-state index in [1.807, 2.05) is 4.90 Å². The lowest BCUT2D eigenvalue weighted by atomic mass is 10.3. The van der Waals surface area contributed by atoms with Crippen LogP contribution in [0.4, 0.5) is 0 Å². The standard InChI is InChI=1S/C11H14Br2N2O2S/c12-9-5-8(18-11(9)13)6-14-1-3-15(4-2-14)7-10(16)17/h5H,1-4,6-7H2,(H,16,17). The van der Waals surface area contributed by atoms with Crippen LogP contribution in [0.15, 0.2) is 14.3 Å². The van der Waals surface area contributed by atoms with Crippen LogP contribution < -0.4 is 0 Å². The van der Waals surface area contributed by atoms with Crippen molar-refractivity contribution >= 4 is 49.2 Å². The molecule has 4 nitrogen and oxygen atoms in total. The van der Waals surface area contributed by atoms with Gasteiger partial charge in [-0.2, -0.15) is 0 Å². The van der Waals surface area contributed by atoms with Crippen molar-refractivity contribution < 1.29 is 9.90 Å². The van der Waals surface area contributed by atoms with Crippen LogP contribution in [0.25, 0.3) is 0 Å². The molecular weight excluding hydrogens is 384 g/mol. The normalized spacial score (nSPS) is 18.1. The van der Waals surface area contributed by atoms with Gasteiger partial charge in [0.05, 0.1) is 10.3 Å². The van der Waals surface area contributed by atoms with Crippen molar-refractivity contribution in [1.82, 2.24) is 9.80 Å². The predicted molar refractivity (Wildman–Crippen MR) is 79.1 cm³/mol. The van der Waals surface area contributed by atoms with Crippen LogP contribution >= 0.6 is 43.2 Å². The molecule has 0 spiro atoms. The maximum atomic E-state index is 10.6. The third-order valence-corrected chi connectivity index (χ3v) is 6.14. The fourth-order valence-corrected chi connectivity index (χ4v) is 4.21. The lowest BCUT2D eigenvalue weighted by Gasteiger charge is -2.33. The van der Waals surface area contributed by atoms with Crippen LogP contribution in [0.2, 0.25) is 0 Å². The number of hydrogen-bond donors (Lipinski definition) is 1. The summed E-state index contributed by atoms with van der Waals surface area (Å²) in [5.41, 5.74) is 0. The van der Waals surface area contributed by atoms with E-state index in [2.05, 4.69) is 42.8 Å². The number of halogens is 2. The third-order valence-electron chi connectivity index (χ3n) is 2.90. The quantitative estimate of drug-likeness (QED) is 0.847. The van der Waals surface area contributed by atoms with E-state index in [1.165, 1.54) is 4.88 Å². The Morgan fingerprint density at radius 2 is 1.89 bits per heavy atom. The first kappa shape index (κ1) is 14.5. The number of nitrogens with zero attached hydrogens (tertiary/aromatic N) is 2. The van der Waals surface area contributed by atoms with Gasteiger partial charge in [-0.15, -0.1) is 11.3 Å². The monoisotopic (exact) mass is 396 g/mol. The number of carbonyl (C=O) groups is 1. The molecule has 2 heterocycles. The SMILES string of the molecule is O=C(O)CN1CCN(Cc2cc(Br)c(Br)s2)CC1. The Morgan fingerprint density at radius 3 is 2.39 bits per heavy atom. The summed E-state index contributed by atoms with van der Waals surface area (Å²) < 4.78 is 2.23. The fourth-order valence-electron chi connectivity index (χ4n) is 1.99. The maximum Gasteiger partial charge on any atom is 0.317 e. The van der Waals surface area contributed by atoms with Crippen LogP contribution in [0.1, 0.15) is 4.88 Å². The summed E-state index contributed by atoms with van der Waals surface area (Å²) in [6.45, 7) is 4.63. The van der Waals surface area contributed by atoms with Gasteiger partial charge in [0.25, 0.3) is 0 Å². The summed E-state index contributed by atoms with van der Waals surface area (Å²) in [7, 11) is 0. The molecule has 1 aromatic rings. The van der Waals surface area contributed by atoms with E-state index in [9.17, 15) is 4.79 Å². The number of carboxylic acids is 1. The molecule has 0 aliphatic carbocycles. The van der Waals surface area contributed by atoms with Crippen LogP contribution in [-0.2, 0) is 11.3 Å². The van der Waals surface area contributed by atoms with E-state index >= 15 is 0 Å². The van der Waals surface area contributed by atoms with Crippen molar-refractivity contribution in [3.05, 3.63) is 19.2 Å². The van der Waals surface area contributed by atoms with Gasteiger partial charge in [-0.3, -0.25) is 14.6 Å². The Bertz CT molecular complexity index is 411. The molecule has 1 aromatic heterocycles. The van der Waals surface area contributed by atoms with Gasteiger partial charge >= 0.3 is 5.97 Å². The zero-order chi connectivity index (χ0) is 13.1. The lowest BCUT2D eigenvalue weighted by Crippen LogP contribution is -2.47. The van der Waals surface area contributed by atoms with Crippen LogP contribution in [0.5, 0.6) is 0 Å². The molecule has 18 heavy (non-hydrogen) atoms. The lowest BCUT2D eigenvalue weighted by molar-refractivity contribution is -0.138. The van der Waals surface area contributed by atoms with Crippen molar-refractivity contribution in [2.75, 3.05) is 32.7 Å². The molecule has 0 aromatic carbocycles. The second-order valence-corrected chi connectivity index (χ2v) is 7.59. The van der Waals surface area contributed by atoms with Crippen LogP contribution in [-0.4, -0.2) is 53.6 Å². The van der Waals surface area contributed by atoms with Gasteiger partial charge in [0.1, 0.15) is 0 Å². The van der Waals surface area contributed by atoms with E-state index < -0.39 is 5.97 Å². The van der Waals surface area contributed by atoms with E-state index in [0.29, 0.717) is 0 Å². The molecule has 0 radical (unpaired) electrons. The largest absolute Gasteiger partial charge is 0.480 e. The van der Waals surface area contributed by atoms with Gasteiger partial charge in [-0.05, 0) is 37.9 Å². The molecule has 100 valence electrons. The average Bonchev–Trinajstić information content (AvgIpc) is 2.60. The molecule has 0 atom stereocenters. The molecule has 1 saturated heterocycles. The summed E-state index contributed by atoms with van der Waals surface area (Å²) in [5, 5.41) is 8.74. The van der Waals surface area contributed by atoms with E-state index in [-0.39, 0.29) is 6.54 Å². The highest BCUT2D eigenvalue weighted by Crippen LogP contribution is 2.33.